The Balaban J connectivity index is 1.41. The molecular weight excluding hydrogens is 530 g/mol. The maximum atomic E-state index is 2.49. The molecule has 1 nitrogen and oxygen atoms in total. The highest BCUT2D eigenvalue weighted by atomic mass is 15.0. The van der Waals surface area contributed by atoms with E-state index in [1.807, 2.05) is 0 Å². The Hall–Kier alpha value is -4.62. The van der Waals surface area contributed by atoms with Gasteiger partial charge in [-0.2, -0.15) is 0 Å². The predicted octanol–water partition coefficient (Wildman–Crippen LogP) is 11.5. The van der Waals surface area contributed by atoms with E-state index in [1.54, 1.807) is 0 Å². The molecule has 1 aromatic heterocycles. The first-order chi connectivity index (χ1) is 21.1. The lowest BCUT2D eigenvalue weighted by atomic mass is 9.53. The first kappa shape index (κ1) is 25.8. The largest absolute Gasteiger partial charge is 0.309 e. The van der Waals surface area contributed by atoms with Gasteiger partial charge in [0.05, 0.1) is 11.0 Å². The van der Waals surface area contributed by atoms with Crippen molar-refractivity contribution in [1.29, 1.82) is 0 Å². The molecule has 9 rings (SSSR count). The van der Waals surface area contributed by atoms with Crippen molar-refractivity contribution in [2.75, 3.05) is 0 Å². The van der Waals surface area contributed by atoms with Crippen LogP contribution in [-0.4, -0.2) is 4.57 Å². The summed E-state index contributed by atoms with van der Waals surface area (Å²) in [6.07, 6.45) is 0. The van der Waals surface area contributed by atoms with E-state index < -0.39 is 0 Å². The van der Waals surface area contributed by atoms with Crippen LogP contribution in [0.2, 0.25) is 0 Å². The lowest BCUT2D eigenvalue weighted by Gasteiger charge is -2.50. The minimum absolute atomic E-state index is 0.0391. The first-order valence-corrected chi connectivity index (χ1v) is 16.0. The van der Waals surface area contributed by atoms with E-state index in [4.69, 9.17) is 0 Å². The standard InChI is InChI=1S/C43H37N/c1-41(2)34-25-26(44-35-21-13-10-15-27(35)28-16-11-14-22-36(28)44)23-24-32(34)38-39(41)30-18-8-7-17-29(30)37-31-19-9-12-20-33(31)42(3,4)43(5,6)40(37)38/h7-25H,1-6H3. The number of fused-ring (bicyclic) bond motifs is 13. The van der Waals surface area contributed by atoms with Gasteiger partial charge in [0, 0.05) is 27.3 Å². The van der Waals surface area contributed by atoms with E-state index in [1.165, 1.54) is 82.8 Å². The third kappa shape index (κ3) is 2.96. The second kappa shape index (κ2) is 8.30. The summed E-state index contributed by atoms with van der Waals surface area (Å²) < 4.78 is 2.46. The molecule has 7 aromatic rings. The van der Waals surface area contributed by atoms with Crippen molar-refractivity contribution in [2.45, 2.75) is 57.8 Å². The lowest BCUT2D eigenvalue weighted by molar-refractivity contribution is 0.300. The third-order valence-corrected chi connectivity index (χ3v) is 11.7. The SMILES string of the molecule is CC1(C)c2cc(-n3c4ccccc4c4ccccc43)ccc2-c2c3c(c4ccccc4c21)-c1ccccc1C(C)(C)C3(C)C. The Morgan fingerprint density at radius 1 is 0.432 bits per heavy atom. The molecule has 0 atom stereocenters. The molecule has 0 fully saturated rings. The molecule has 0 radical (unpaired) electrons. The zero-order valence-corrected chi connectivity index (χ0v) is 26.4. The van der Waals surface area contributed by atoms with Crippen molar-refractivity contribution < 1.29 is 0 Å². The monoisotopic (exact) mass is 567 g/mol. The van der Waals surface area contributed by atoms with Crippen LogP contribution < -0.4 is 0 Å². The van der Waals surface area contributed by atoms with Crippen LogP contribution in [0.5, 0.6) is 0 Å². The first-order valence-electron chi connectivity index (χ1n) is 16.0. The van der Waals surface area contributed by atoms with E-state index in [9.17, 15) is 0 Å². The molecule has 44 heavy (non-hydrogen) atoms. The van der Waals surface area contributed by atoms with E-state index in [0.717, 1.165) is 0 Å². The fourth-order valence-corrected chi connectivity index (χ4v) is 8.90. The molecule has 0 amide bonds. The van der Waals surface area contributed by atoms with E-state index in [0.29, 0.717) is 0 Å². The number of rotatable bonds is 1. The number of aromatic nitrogens is 1. The van der Waals surface area contributed by atoms with Crippen LogP contribution in [0.3, 0.4) is 0 Å². The quantitative estimate of drug-likeness (QED) is 0.186. The van der Waals surface area contributed by atoms with Crippen molar-refractivity contribution in [3.63, 3.8) is 0 Å². The minimum Gasteiger partial charge on any atom is -0.309 e. The number of benzene rings is 6. The van der Waals surface area contributed by atoms with Gasteiger partial charge < -0.3 is 4.57 Å². The minimum atomic E-state index is -0.161. The fraction of sp³-hybridized carbons (Fsp3) is 0.209. The highest BCUT2D eigenvalue weighted by Gasteiger charge is 2.51. The van der Waals surface area contributed by atoms with Crippen LogP contribution in [0.25, 0.3) is 60.5 Å². The van der Waals surface area contributed by atoms with Gasteiger partial charge in [-0.15, -0.1) is 0 Å². The molecule has 1 heterocycles. The molecular formula is C43H37N. The molecule has 0 spiro atoms. The second-order valence-corrected chi connectivity index (χ2v) is 14.6. The Bertz CT molecular complexity index is 2300. The molecule has 0 unspecified atom stereocenters. The zero-order chi connectivity index (χ0) is 30.2. The molecule has 2 aliphatic carbocycles. The molecule has 6 aromatic carbocycles. The lowest BCUT2D eigenvalue weighted by Crippen LogP contribution is -2.44. The van der Waals surface area contributed by atoms with Crippen molar-refractivity contribution in [3.8, 4) is 27.9 Å². The number of para-hydroxylation sites is 2. The van der Waals surface area contributed by atoms with Gasteiger partial charge in [0.2, 0.25) is 0 Å². The summed E-state index contributed by atoms with van der Waals surface area (Å²) in [5, 5.41) is 5.36. The average molecular weight is 568 g/mol. The van der Waals surface area contributed by atoms with Gasteiger partial charge in [-0.25, -0.2) is 0 Å². The zero-order valence-electron chi connectivity index (χ0n) is 26.4. The van der Waals surface area contributed by atoms with Crippen LogP contribution in [0.15, 0.2) is 115 Å². The molecule has 0 saturated carbocycles. The topological polar surface area (TPSA) is 4.93 Å². The summed E-state index contributed by atoms with van der Waals surface area (Å²) in [7, 11) is 0. The summed E-state index contributed by atoms with van der Waals surface area (Å²) in [6, 6.07) is 43.2. The normalized spacial score (nSPS) is 17.0. The van der Waals surface area contributed by atoms with Crippen LogP contribution >= 0.6 is 0 Å². The Kier molecular flexibility index (Phi) is 4.87. The van der Waals surface area contributed by atoms with E-state index >= 15 is 0 Å². The van der Waals surface area contributed by atoms with Crippen LogP contribution in [-0.2, 0) is 16.2 Å². The Labute approximate surface area is 259 Å². The van der Waals surface area contributed by atoms with E-state index in [2.05, 4.69) is 161 Å². The molecule has 2 aliphatic rings. The van der Waals surface area contributed by atoms with Gasteiger partial charge in [-0.05, 0) is 85.0 Å². The number of nitrogens with zero attached hydrogens (tertiary/aromatic N) is 1. The van der Waals surface area contributed by atoms with Gasteiger partial charge in [0.1, 0.15) is 0 Å². The van der Waals surface area contributed by atoms with Crippen molar-refractivity contribution in [2.24, 2.45) is 0 Å². The van der Waals surface area contributed by atoms with Crippen molar-refractivity contribution >= 4 is 32.6 Å². The van der Waals surface area contributed by atoms with Crippen LogP contribution in [0.4, 0.5) is 0 Å². The Morgan fingerprint density at radius 3 is 1.66 bits per heavy atom. The van der Waals surface area contributed by atoms with Crippen LogP contribution in [0, 0.1) is 0 Å². The van der Waals surface area contributed by atoms with Crippen LogP contribution in [0.1, 0.15) is 63.8 Å². The van der Waals surface area contributed by atoms with Gasteiger partial charge in [-0.1, -0.05) is 133 Å². The van der Waals surface area contributed by atoms with Crippen molar-refractivity contribution in [1.82, 2.24) is 4.57 Å². The second-order valence-electron chi connectivity index (χ2n) is 14.6. The fourth-order valence-electron chi connectivity index (χ4n) is 8.90. The molecule has 214 valence electrons. The van der Waals surface area contributed by atoms with Gasteiger partial charge in [0.25, 0.3) is 0 Å². The molecule has 0 aliphatic heterocycles. The summed E-state index contributed by atoms with van der Waals surface area (Å²) in [6.45, 7) is 14.7. The average Bonchev–Trinajstić information content (AvgIpc) is 3.48. The van der Waals surface area contributed by atoms with Gasteiger partial charge in [0.15, 0.2) is 0 Å². The molecule has 1 heteroatoms. The Morgan fingerprint density at radius 2 is 0.977 bits per heavy atom. The van der Waals surface area contributed by atoms with E-state index in [-0.39, 0.29) is 16.2 Å². The summed E-state index contributed by atoms with van der Waals surface area (Å²) >= 11 is 0. The highest BCUT2D eigenvalue weighted by molar-refractivity contribution is 6.11. The maximum Gasteiger partial charge on any atom is 0.0541 e. The predicted molar refractivity (Wildman–Crippen MR) is 187 cm³/mol. The number of hydrogen-bond acceptors (Lipinski definition) is 0. The van der Waals surface area contributed by atoms with Gasteiger partial charge >= 0.3 is 0 Å². The summed E-state index contributed by atoms with van der Waals surface area (Å²) in [4.78, 5) is 0. The molecule has 0 saturated heterocycles. The summed E-state index contributed by atoms with van der Waals surface area (Å²) in [5.41, 5.74) is 14.9. The maximum absolute atomic E-state index is 2.49. The molecule has 0 N–H and O–H groups in total. The summed E-state index contributed by atoms with van der Waals surface area (Å²) in [5.74, 6) is 0. The van der Waals surface area contributed by atoms with Crippen molar-refractivity contribution in [3.05, 3.63) is 138 Å². The smallest absolute Gasteiger partial charge is 0.0541 e. The number of hydrogen-bond donors (Lipinski definition) is 0. The highest BCUT2D eigenvalue weighted by Crippen LogP contribution is 2.63. The van der Waals surface area contributed by atoms with Gasteiger partial charge in [-0.3, -0.25) is 0 Å². The molecule has 0 bridgehead atoms. The third-order valence-electron chi connectivity index (χ3n) is 11.7.